The fourth-order valence-corrected chi connectivity index (χ4v) is 6.21. The highest BCUT2D eigenvalue weighted by atomic mass is 32.2. The van der Waals surface area contributed by atoms with E-state index in [4.69, 9.17) is 0 Å². The molecule has 1 N–H and O–H groups in total. The van der Waals surface area contributed by atoms with E-state index in [2.05, 4.69) is 10.3 Å². The van der Waals surface area contributed by atoms with Gasteiger partial charge in [0.25, 0.3) is 11.5 Å². The first-order chi connectivity index (χ1) is 16.8. The van der Waals surface area contributed by atoms with Crippen molar-refractivity contribution in [2.75, 3.05) is 16.8 Å². The summed E-state index contributed by atoms with van der Waals surface area (Å²) in [5.74, 6) is 0.638. The van der Waals surface area contributed by atoms with Crippen molar-refractivity contribution in [2.45, 2.75) is 22.3 Å². The summed E-state index contributed by atoms with van der Waals surface area (Å²) < 4.78 is 40.8. The van der Waals surface area contributed by atoms with Crippen LogP contribution < -0.4 is 10.9 Å². The maximum absolute atomic E-state index is 13.1. The van der Waals surface area contributed by atoms with Crippen LogP contribution in [0.25, 0.3) is 10.9 Å². The van der Waals surface area contributed by atoms with Crippen LogP contribution in [0.4, 0.5) is 18.9 Å². The zero-order valence-corrected chi connectivity index (χ0v) is 19.7. The van der Waals surface area contributed by atoms with Crippen LogP contribution in [-0.4, -0.2) is 27.0 Å². The molecule has 1 aliphatic rings. The molecule has 1 aliphatic heterocycles. The molecule has 0 unspecified atom stereocenters. The molecule has 3 aromatic carbocycles. The summed E-state index contributed by atoms with van der Waals surface area (Å²) >= 11 is 3.00. The largest absolute Gasteiger partial charge is 0.416 e. The number of carbonyl (C=O) groups is 1. The standard InChI is InChI=1S/C25H18F3N3O2S2/c26-25(27,28)16-7-5-6-15(12-16)22(32)29-20-10-3-4-11-21(20)34-13-17-14-35-24-30-19-9-2-1-8-18(19)23(33)31(17)24/h1-12,17H,13-14H2,(H,29,32)/t17-/m1/s1. The van der Waals surface area contributed by atoms with Gasteiger partial charge in [-0.1, -0.05) is 42.1 Å². The summed E-state index contributed by atoms with van der Waals surface area (Å²) in [6.45, 7) is 0. The third-order valence-corrected chi connectivity index (χ3v) is 7.88. The fraction of sp³-hybridized carbons (Fsp3) is 0.160. The number of para-hydroxylation sites is 2. The van der Waals surface area contributed by atoms with Gasteiger partial charge in [-0.2, -0.15) is 13.2 Å². The number of aromatic nitrogens is 2. The van der Waals surface area contributed by atoms with Crippen molar-refractivity contribution >= 4 is 46.0 Å². The van der Waals surface area contributed by atoms with Crippen molar-refractivity contribution in [3.05, 3.63) is 94.3 Å². The molecule has 0 fully saturated rings. The normalized spacial score (nSPS) is 15.2. The molecule has 1 aromatic heterocycles. The van der Waals surface area contributed by atoms with Crippen LogP contribution in [0.1, 0.15) is 22.0 Å². The van der Waals surface area contributed by atoms with Crippen molar-refractivity contribution in [3.8, 4) is 0 Å². The topological polar surface area (TPSA) is 64.0 Å². The molecule has 0 bridgehead atoms. The van der Waals surface area contributed by atoms with Crippen molar-refractivity contribution in [2.24, 2.45) is 0 Å². The third-order valence-electron chi connectivity index (χ3n) is 5.56. The molecule has 0 aliphatic carbocycles. The average molecular weight is 514 g/mol. The number of alkyl halides is 3. The number of benzene rings is 3. The van der Waals surface area contributed by atoms with Gasteiger partial charge in [-0.05, 0) is 42.5 Å². The lowest BCUT2D eigenvalue weighted by atomic mass is 10.1. The van der Waals surface area contributed by atoms with E-state index < -0.39 is 17.6 Å². The zero-order chi connectivity index (χ0) is 24.6. The number of nitrogens with zero attached hydrogens (tertiary/aromatic N) is 2. The molecular formula is C25H18F3N3O2S2. The second-order valence-corrected chi connectivity index (χ2v) is 9.94. The van der Waals surface area contributed by atoms with Crippen LogP contribution in [0.5, 0.6) is 0 Å². The molecule has 0 radical (unpaired) electrons. The number of hydrogen-bond donors (Lipinski definition) is 1. The molecular weight excluding hydrogens is 495 g/mol. The SMILES string of the molecule is O=C(Nc1ccccc1SC[C@@H]1CSc2nc3ccccc3c(=O)n21)c1cccc(C(F)(F)F)c1. The van der Waals surface area contributed by atoms with Gasteiger partial charge in [0.15, 0.2) is 5.16 Å². The number of carbonyl (C=O) groups excluding carboxylic acids is 1. The van der Waals surface area contributed by atoms with Gasteiger partial charge < -0.3 is 5.32 Å². The molecule has 0 saturated heterocycles. The van der Waals surface area contributed by atoms with Crippen LogP contribution in [0.3, 0.4) is 0 Å². The van der Waals surface area contributed by atoms with Crippen molar-refractivity contribution in [1.29, 1.82) is 0 Å². The molecule has 1 amide bonds. The maximum atomic E-state index is 13.1. The van der Waals surface area contributed by atoms with E-state index in [1.807, 2.05) is 30.3 Å². The number of nitrogens with one attached hydrogen (secondary N) is 1. The van der Waals surface area contributed by atoms with E-state index in [9.17, 15) is 22.8 Å². The number of hydrogen-bond acceptors (Lipinski definition) is 5. The monoisotopic (exact) mass is 513 g/mol. The quantitative estimate of drug-likeness (QED) is 0.258. The zero-order valence-electron chi connectivity index (χ0n) is 18.1. The Labute approximate surface area is 206 Å². The minimum absolute atomic E-state index is 0.0765. The number of halogens is 3. The lowest BCUT2D eigenvalue weighted by molar-refractivity contribution is -0.137. The molecule has 35 heavy (non-hydrogen) atoms. The second-order valence-electron chi connectivity index (χ2n) is 7.89. The molecule has 5 rings (SSSR count). The van der Waals surface area contributed by atoms with Crippen LogP contribution in [0.2, 0.25) is 0 Å². The Bertz CT molecular complexity index is 1490. The fourth-order valence-electron chi connectivity index (χ4n) is 3.83. The number of amides is 1. The Hall–Kier alpha value is -3.24. The van der Waals surface area contributed by atoms with Gasteiger partial charge in [0.2, 0.25) is 0 Å². The highest BCUT2D eigenvalue weighted by molar-refractivity contribution is 8.00. The van der Waals surface area contributed by atoms with E-state index in [0.717, 1.165) is 17.0 Å². The molecule has 0 spiro atoms. The summed E-state index contributed by atoms with van der Waals surface area (Å²) in [5, 5.41) is 3.98. The average Bonchev–Trinajstić information content (AvgIpc) is 3.26. The van der Waals surface area contributed by atoms with Gasteiger partial charge in [-0.15, -0.1) is 11.8 Å². The summed E-state index contributed by atoms with van der Waals surface area (Å²) in [5.41, 5.74) is 0.136. The van der Waals surface area contributed by atoms with E-state index in [1.54, 1.807) is 22.8 Å². The van der Waals surface area contributed by atoms with E-state index in [-0.39, 0.29) is 17.2 Å². The van der Waals surface area contributed by atoms with Crippen LogP contribution in [0, 0.1) is 0 Å². The van der Waals surface area contributed by atoms with Gasteiger partial charge in [0.05, 0.1) is 28.2 Å². The molecule has 1 atom stereocenters. The van der Waals surface area contributed by atoms with E-state index in [1.165, 1.54) is 35.7 Å². The lowest BCUT2D eigenvalue weighted by Crippen LogP contribution is -2.26. The summed E-state index contributed by atoms with van der Waals surface area (Å²) in [7, 11) is 0. The smallest absolute Gasteiger partial charge is 0.321 e. The van der Waals surface area contributed by atoms with Gasteiger partial charge in [0, 0.05) is 22.0 Å². The molecule has 178 valence electrons. The molecule has 10 heteroatoms. The maximum Gasteiger partial charge on any atom is 0.416 e. The summed E-state index contributed by atoms with van der Waals surface area (Å²) in [6.07, 6.45) is -4.53. The lowest BCUT2D eigenvalue weighted by Gasteiger charge is -2.16. The first kappa shape index (κ1) is 23.5. The van der Waals surface area contributed by atoms with Gasteiger partial charge in [-0.3, -0.25) is 14.2 Å². The molecule has 0 saturated carbocycles. The molecule has 2 heterocycles. The number of fused-ring (bicyclic) bond motifs is 2. The predicted molar refractivity (Wildman–Crippen MR) is 132 cm³/mol. The van der Waals surface area contributed by atoms with Crippen molar-refractivity contribution < 1.29 is 18.0 Å². The van der Waals surface area contributed by atoms with Gasteiger partial charge in [0.1, 0.15) is 0 Å². The second kappa shape index (κ2) is 9.43. The molecule has 5 nitrogen and oxygen atoms in total. The Morgan fingerprint density at radius 2 is 1.86 bits per heavy atom. The summed E-state index contributed by atoms with van der Waals surface area (Å²) in [6, 6.07) is 18.6. The van der Waals surface area contributed by atoms with Crippen molar-refractivity contribution in [1.82, 2.24) is 9.55 Å². The van der Waals surface area contributed by atoms with E-state index in [0.29, 0.717) is 33.3 Å². The minimum Gasteiger partial charge on any atom is -0.321 e. The summed E-state index contributed by atoms with van der Waals surface area (Å²) in [4.78, 5) is 31.1. The van der Waals surface area contributed by atoms with Crippen molar-refractivity contribution in [3.63, 3.8) is 0 Å². The van der Waals surface area contributed by atoms with Crippen LogP contribution in [0.15, 0.2) is 87.6 Å². The van der Waals surface area contributed by atoms with Crippen LogP contribution in [-0.2, 0) is 6.18 Å². The highest BCUT2D eigenvalue weighted by Crippen LogP contribution is 2.37. The van der Waals surface area contributed by atoms with Gasteiger partial charge in [-0.25, -0.2) is 4.98 Å². The Kier molecular flexibility index (Phi) is 6.33. The van der Waals surface area contributed by atoms with E-state index >= 15 is 0 Å². The molecule has 4 aromatic rings. The van der Waals surface area contributed by atoms with Crippen LogP contribution >= 0.6 is 23.5 Å². The predicted octanol–water partition coefficient (Wildman–Crippen LogP) is 6.11. The Morgan fingerprint density at radius 3 is 2.69 bits per heavy atom. The third kappa shape index (κ3) is 4.81. The first-order valence-corrected chi connectivity index (χ1v) is 12.6. The Balaban J connectivity index is 1.34. The number of rotatable bonds is 5. The Morgan fingerprint density at radius 1 is 1.09 bits per heavy atom. The van der Waals surface area contributed by atoms with Gasteiger partial charge >= 0.3 is 6.18 Å². The first-order valence-electron chi connectivity index (χ1n) is 10.7. The highest BCUT2D eigenvalue weighted by Gasteiger charge is 2.31. The number of anilines is 1. The minimum atomic E-state index is -4.53. The number of thioether (sulfide) groups is 2.